The van der Waals surface area contributed by atoms with E-state index in [1.54, 1.807) is 0 Å². The molecule has 1 aliphatic heterocycles. The number of thioether (sulfide) groups is 1. The molecule has 0 amide bonds. The Hall–Kier alpha value is 0.140. The summed E-state index contributed by atoms with van der Waals surface area (Å²) in [6.45, 7) is 0.760. The predicted molar refractivity (Wildman–Crippen MR) is 74.7 cm³/mol. The summed E-state index contributed by atoms with van der Waals surface area (Å²) < 4.78 is 6.76. The van der Waals surface area contributed by atoms with E-state index in [4.69, 9.17) is 16.3 Å². The molecule has 2 atom stereocenters. The molecule has 1 aromatic carbocycles. The molecule has 1 fully saturated rings. The lowest BCUT2D eigenvalue weighted by Gasteiger charge is -2.13. The average Bonchev–Trinajstić information content (AvgIpc) is 2.68. The van der Waals surface area contributed by atoms with Crippen molar-refractivity contribution in [1.29, 1.82) is 0 Å². The summed E-state index contributed by atoms with van der Waals surface area (Å²) >= 11 is 11.5. The van der Waals surface area contributed by atoms with Gasteiger partial charge in [-0.05, 0) is 42.4 Å². The number of halogens is 2. The Morgan fingerprint density at radius 2 is 2.06 bits per heavy atom. The Morgan fingerprint density at radius 3 is 2.69 bits per heavy atom. The van der Waals surface area contributed by atoms with Gasteiger partial charge in [-0.25, -0.2) is 0 Å². The van der Waals surface area contributed by atoms with Gasteiger partial charge in [-0.15, -0.1) is 11.6 Å². The monoisotopic (exact) mass is 320 g/mol. The molecule has 0 N–H and O–H groups in total. The minimum absolute atomic E-state index is 0.332. The number of rotatable bonds is 4. The summed E-state index contributed by atoms with van der Waals surface area (Å²) in [4.78, 5) is 0. The van der Waals surface area contributed by atoms with Crippen LogP contribution < -0.4 is 4.74 Å². The van der Waals surface area contributed by atoms with Gasteiger partial charge in [0.2, 0.25) is 0 Å². The van der Waals surface area contributed by atoms with Crippen molar-refractivity contribution in [3.63, 3.8) is 0 Å². The fourth-order valence-electron chi connectivity index (χ4n) is 1.70. The number of ether oxygens (including phenoxy) is 1. The summed E-state index contributed by atoms with van der Waals surface area (Å²) in [6, 6.07) is 7.94. The normalized spacial score (nSPS) is 24.6. The molecule has 1 saturated heterocycles. The van der Waals surface area contributed by atoms with Crippen LogP contribution >= 0.6 is 39.3 Å². The molecule has 4 heteroatoms. The highest BCUT2D eigenvalue weighted by atomic mass is 79.9. The van der Waals surface area contributed by atoms with Crippen molar-refractivity contribution >= 4 is 39.3 Å². The molecule has 1 nitrogen and oxygen atoms in total. The van der Waals surface area contributed by atoms with Crippen molar-refractivity contribution in [2.75, 3.05) is 18.1 Å². The van der Waals surface area contributed by atoms with Crippen molar-refractivity contribution in [3.05, 3.63) is 28.7 Å². The zero-order valence-corrected chi connectivity index (χ0v) is 12.0. The summed E-state index contributed by atoms with van der Waals surface area (Å²) in [5.74, 6) is 3.81. The Balaban J connectivity index is 1.73. The second-order valence-electron chi connectivity index (χ2n) is 3.90. The minimum Gasteiger partial charge on any atom is -0.494 e. The highest BCUT2D eigenvalue weighted by Gasteiger charge is 2.25. The quantitative estimate of drug-likeness (QED) is 0.769. The minimum atomic E-state index is 0.332. The van der Waals surface area contributed by atoms with Crippen LogP contribution in [0.1, 0.15) is 6.42 Å². The standard InChI is InChI=1S/C12H14BrClOS/c13-10-1-3-11(4-2-10)15-6-5-9-7-16-8-12(9)14/h1-4,9,12H,5-8H2. The van der Waals surface area contributed by atoms with E-state index in [1.165, 1.54) is 5.75 Å². The summed E-state index contributed by atoms with van der Waals surface area (Å²) in [5, 5.41) is 0.332. The molecule has 0 spiro atoms. The molecule has 16 heavy (non-hydrogen) atoms. The van der Waals surface area contributed by atoms with Crippen LogP contribution in [0.5, 0.6) is 5.75 Å². The van der Waals surface area contributed by atoms with Gasteiger partial charge in [0, 0.05) is 15.6 Å². The Kier molecular flexibility index (Phi) is 4.86. The van der Waals surface area contributed by atoms with Crippen molar-refractivity contribution < 1.29 is 4.74 Å². The van der Waals surface area contributed by atoms with E-state index in [9.17, 15) is 0 Å². The zero-order valence-electron chi connectivity index (χ0n) is 8.86. The molecule has 0 saturated carbocycles. The van der Waals surface area contributed by atoms with Gasteiger partial charge in [0.05, 0.1) is 6.61 Å². The summed E-state index contributed by atoms with van der Waals surface area (Å²) in [5.41, 5.74) is 0. The fraction of sp³-hybridized carbons (Fsp3) is 0.500. The third-order valence-corrected chi connectivity index (χ3v) is 5.17. The highest BCUT2D eigenvalue weighted by molar-refractivity contribution is 9.10. The summed E-state index contributed by atoms with van der Waals surface area (Å²) in [7, 11) is 0. The lowest BCUT2D eigenvalue weighted by Crippen LogP contribution is -2.15. The first-order chi connectivity index (χ1) is 7.75. The number of benzene rings is 1. The Labute approximate surface area is 114 Å². The molecule has 0 bridgehead atoms. The SMILES string of the molecule is ClC1CSCC1CCOc1ccc(Br)cc1. The zero-order chi connectivity index (χ0) is 11.4. The molecule has 88 valence electrons. The van der Waals surface area contributed by atoms with E-state index in [-0.39, 0.29) is 0 Å². The molecular weight excluding hydrogens is 308 g/mol. The Bertz CT molecular complexity index is 330. The van der Waals surface area contributed by atoms with Crippen LogP contribution in [0.15, 0.2) is 28.7 Å². The maximum Gasteiger partial charge on any atom is 0.119 e. The van der Waals surface area contributed by atoms with Crippen LogP contribution in [0.2, 0.25) is 0 Å². The molecule has 1 heterocycles. The lowest BCUT2D eigenvalue weighted by atomic mass is 10.1. The molecule has 1 aliphatic rings. The van der Waals surface area contributed by atoms with E-state index in [1.807, 2.05) is 36.0 Å². The van der Waals surface area contributed by atoms with E-state index in [2.05, 4.69) is 15.9 Å². The first kappa shape index (κ1) is 12.6. The predicted octanol–water partition coefficient (Wildman–Crippen LogP) is 4.19. The van der Waals surface area contributed by atoms with Gasteiger partial charge in [-0.1, -0.05) is 15.9 Å². The molecule has 0 radical (unpaired) electrons. The third-order valence-electron chi connectivity index (χ3n) is 2.69. The molecule has 0 aliphatic carbocycles. The van der Waals surface area contributed by atoms with Crippen LogP contribution in [0.4, 0.5) is 0 Å². The average molecular weight is 322 g/mol. The second-order valence-corrected chi connectivity index (χ2v) is 6.46. The fourth-order valence-corrected chi connectivity index (χ4v) is 3.88. The summed E-state index contributed by atoms with van der Waals surface area (Å²) in [6.07, 6.45) is 1.05. The van der Waals surface area contributed by atoms with Crippen LogP contribution in [-0.2, 0) is 0 Å². The van der Waals surface area contributed by atoms with E-state index in [0.29, 0.717) is 11.3 Å². The van der Waals surface area contributed by atoms with E-state index in [0.717, 1.165) is 29.0 Å². The highest BCUT2D eigenvalue weighted by Crippen LogP contribution is 2.30. The van der Waals surface area contributed by atoms with Crippen LogP contribution in [0.25, 0.3) is 0 Å². The second kappa shape index (κ2) is 6.18. The van der Waals surface area contributed by atoms with Gasteiger partial charge in [0.25, 0.3) is 0 Å². The van der Waals surface area contributed by atoms with Crippen molar-refractivity contribution in [2.24, 2.45) is 5.92 Å². The molecule has 2 unspecified atom stereocenters. The van der Waals surface area contributed by atoms with Crippen LogP contribution in [-0.4, -0.2) is 23.5 Å². The van der Waals surface area contributed by atoms with Gasteiger partial charge in [0.15, 0.2) is 0 Å². The smallest absolute Gasteiger partial charge is 0.119 e. The van der Waals surface area contributed by atoms with Gasteiger partial charge in [-0.2, -0.15) is 11.8 Å². The third kappa shape index (κ3) is 3.57. The first-order valence-corrected chi connectivity index (χ1v) is 7.74. The maximum atomic E-state index is 6.20. The number of alkyl halides is 1. The van der Waals surface area contributed by atoms with Crippen molar-refractivity contribution in [2.45, 2.75) is 11.8 Å². The molecule has 1 aromatic rings. The van der Waals surface area contributed by atoms with Gasteiger partial charge in [0.1, 0.15) is 5.75 Å². The topological polar surface area (TPSA) is 9.23 Å². The van der Waals surface area contributed by atoms with Crippen molar-refractivity contribution in [1.82, 2.24) is 0 Å². The van der Waals surface area contributed by atoms with E-state index >= 15 is 0 Å². The van der Waals surface area contributed by atoms with Gasteiger partial charge in [-0.3, -0.25) is 0 Å². The molecular formula is C12H14BrClOS. The van der Waals surface area contributed by atoms with Gasteiger partial charge >= 0.3 is 0 Å². The number of hydrogen-bond donors (Lipinski definition) is 0. The van der Waals surface area contributed by atoms with Crippen LogP contribution in [0.3, 0.4) is 0 Å². The maximum absolute atomic E-state index is 6.20. The largest absolute Gasteiger partial charge is 0.494 e. The van der Waals surface area contributed by atoms with Crippen molar-refractivity contribution in [3.8, 4) is 5.75 Å². The lowest BCUT2D eigenvalue weighted by molar-refractivity contribution is 0.286. The van der Waals surface area contributed by atoms with Gasteiger partial charge < -0.3 is 4.74 Å². The first-order valence-electron chi connectivity index (χ1n) is 5.36. The molecule has 0 aromatic heterocycles. The van der Waals surface area contributed by atoms with E-state index < -0.39 is 0 Å². The van der Waals surface area contributed by atoms with Crippen LogP contribution in [0, 0.1) is 5.92 Å². The Morgan fingerprint density at radius 1 is 1.31 bits per heavy atom. The number of hydrogen-bond acceptors (Lipinski definition) is 2. The molecule has 2 rings (SSSR count).